The second-order valence-electron chi connectivity index (χ2n) is 6.05. The average molecular weight is 447 g/mol. The zero-order valence-electron chi connectivity index (χ0n) is 12.4. The molecule has 0 aromatic heterocycles. The molecular weight excluding hydrogens is 434 g/mol. The second kappa shape index (κ2) is 7.07. The fourth-order valence-corrected chi connectivity index (χ4v) is 4.10. The number of hydrogen-bond donors (Lipinski definition) is 2. The summed E-state index contributed by atoms with van der Waals surface area (Å²) in [6.45, 7) is 6.24. The predicted octanol–water partition coefficient (Wildman–Crippen LogP) is 8.50. The van der Waals surface area contributed by atoms with Crippen LogP contribution >= 0.6 is 83.3 Å². The van der Waals surface area contributed by atoms with Crippen LogP contribution in [0, 0.1) is 0 Å². The summed E-state index contributed by atoms with van der Waals surface area (Å²) in [7, 11) is 0. The van der Waals surface area contributed by atoms with E-state index in [9.17, 15) is 0 Å². The maximum Gasteiger partial charge on any atom is 0.0809 e. The first kappa shape index (κ1) is 19.9. The van der Waals surface area contributed by atoms with Crippen molar-refractivity contribution >= 4 is 83.3 Å². The Kier molecular flexibility index (Phi) is 6.12. The average Bonchev–Trinajstić information content (AvgIpc) is 2.46. The molecule has 7 heteroatoms. The maximum absolute atomic E-state index is 6.44. The molecule has 2 aromatic carbocycles. The van der Waals surface area contributed by atoms with Gasteiger partial charge >= 0.3 is 0 Å². The fourth-order valence-electron chi connectivity index (χ4n) is 2.28. The summed E-state index contributed by atoms with van der Waals surface area (Å²) in [5, 5.41) is 0.938. The molecule has 0 atom stereocenters. The molecule has 0 aliphatic rings. The summed E-state index contributed by atoms with van der Waals surface area (Å²) in [6, 6.07) is 3.86. The van der Waals surface area contributed by atoms with E-state index in [0.717, 1.165) is 11.1 Å². The van der Waals surface area contributed by atoms with Crippen molar-refractivity contribution in [3.63, 3.8) is 0 Å². The van der Waals surface area contributed by atoms with Crippen molar-refractivity contribution in [1.29, 1.82) is 0 Å². The smallest absolute Gasteiger partial charge is 0.0809 e. The first-order valence-corrected chi connectivity index (χ1v) is 9.34. The van der Waals surface area contributed by atoms with Gasteiger partial charge in [-0.05, 0) is 17.0 Å². The Morgan fingerprint density at radius 1 is 0.696 bits per heavy atom. The fraction of sp³-hybridized carbons (Fsp3) is 0.250. The Hall–Kier alpha value is 0.590. The minimum Gasteiger partial charge on any atom is -0.142 e. The molecule has 0 unspecified atom stereocenters. The number of halogens is 5. The third kappa shape index (κ3) is 3.60. The molecule has 2 aromatic rings. The van der Waals surface area contributed by atoms with Gasteiger partial charge in [-0.2, -0.15) is 0 Å². The first-order chi connectivity index (χ1) is 10.5. The normalized spacial score (nSPS) is 11.9. The molecule has 0 nitrogen and oxygen atoms in total. The van der Waals surface area contributed by atoms with Gasteiger partial charge in [0.2, 0.25) is 0 Å². The van der Waals surface area contributed by atoms with Crippen molar-refractivity contribution in [3.8, 4) is 11.1 Å². The molecule has 0 saturated heterocycles. The Balaban J connectivity index is 3.02. The monoisotopic (exact) mass is 444 g/mol. The van der Waals surface area contributed by atoms with Crippen molar-refractivity contribution in [1.82, 2.24) is 0 Å². The molecule has 0 amide bonds. The molecule has 0 radical (unpaired) electrons. The number of rotatable bonds is 1. The van der Waals surface area contributed by atoms with Crippen LogP contribution in [0.2, 0.25) is 25.1 Å². The van der Waals surface area contributed by atoms with Crippen LogP contribution in [-0.2, 0) is 5.41 Å². The molecule has 0 heterocycles. The summed E-state index contributed by atoms with van der Waals surface area (Å²) in [5.41, 5.74) is 2.08. The van der Waals surface area contributed by atoms with Gasteiger partial charge in [0, 0.05) is 20.9 Å². The first-order valence-electron chi connectivity index (χ1n) is 6.55. The molecule has 0 fully saturated rings. The van der Waals surface area contributed by atoms with Gasteiger partial charge in [-0.25, -0.2) is 0 Å². The minimum absolute atomic E-state index is 0.132. The van der Waals surface area contributed by atoms with Crippen LogP contribution < -0.4 is 0 Å². The number of thiol groups is 2. The highest BCUT2D eigenvalue weighted by Crippen LogP contribution is 2.52. The van der Waals surface area contributed by atoms with E-state index < -0.39 is 0 Å². The highest BCUT2D eigenvalue weighted by Gasteiger charge is 2.28. The van der Waals surface area contributed by atoms with Gasteiger partial charge in [-0.15, -0.1) is 25.3 Å². The summed E-state index contributed by atoms with van der Waals surface area (Å²) >= 11 is 40.4. The maximum atomic E-state index is 6.44. The quantitative estimate of drug-likeness (QED) is 0.245. The van der Waals surface area contributed by atoms with E-state index in [0.29, 0.717) is 15.4 Å². The number of benzene rings is 2. The van der Waals surface area contributed by atoms with E-state index >= 15 is 0 Å². The standard InChI is InChI=1S/C16H13Cl5S2/c1-16(2,3)6-4-5-7(22)15(23)8(6)9-10(17)12(19)14(21)13(20)11(9)18/h4-5,22-23H,1-3H3. The molecule has 0 saturated carbocycles. The molecule has 0 aliphatic heterocycles. The van der Waals surface area contributed by atoms with Crippen LogP contribution in [0.5, 0.6) is 0 Å². The van der Waals surface area contributed by atoms with Crippen LogP contribution in [0.4, 0.5) is 0 Å². The van der Waals surface area contributed by atoms with Crippen molar-refractivity contribution in [2.75, 3.05) is 0 Å². The molecule has 0 N–H and O–H groups in total. The lowest BCUT2D eigenvalue weighted by molar-refractivity contribution is 0.590. The van der Waals surface area contributed by atoms with Gasteiger partial charge in [-0.1, -0.05) is 84.8 Å². The molecule has 0 spiro atoms. The lowest BCUT2D eigenvalue weighted by atomic mass is 9.81. The molecule has 23 heavy (non-hydrogen) atoms. The van der Waals surface area contributed by atoms with E-state index in [4.69, 9.17) is 58.0 Å². The van der Waals surface area contributed by atoms with Crippen LogP contribution in [-0.4, -0.2) is 0 Å². The SMILES string of the molecule is CC(C)(C)c1ccc(S)c(S)c1-c1c(Cl)c(Cl)c(Cl)c(Cl)c1Cl. The summed E-state index contributed by atoms with van der Waals surface area (Å²) in [6.07, 6.45) is 0. The summed E-state index contributed by atoms with van der Waals surface area (Å²) < 4.78 is 0. The molecule has 0 aliphatic carbocycles. The summed E-state index contributed by atoms with van der Waals surface area (Å²) in [4.78, 5) is 1.35. The van der Waals surface area contributed by atoms with Crippen LogP contribution in [0.25, 0.3) is 11.1 Å². The lowest BCUT2D eigenvalue weighted by Gasteiger charge is -2.26. The molecule has 2 rings (SSSR count). The van der Waals surface area contributed by atoms with Crippen molar-refractivity contribution in [3.05, 3.63) is 42.8 Å². The van der Waals surface area contributed by atoms with Gasteiger partial charge in [0.25, 0.3) is 0 Å². The Bertz CT molecular complexity index is 765. The molecule has 0 bridgehead atoms. The van der Waals surface area contributed by atoms with E-state index in [-0.39, 0.29) is 30.5 Å². The molecule has 124 valence electrons. The van der Waals surface area contributed by atoms with E-state index in [1.807, 2.05) is 12.1 Å². The molecular formula is C16H13Cl5S2. The zero-order chi connectivity index (χ0) is 17.7. The van der Waals surface area contributed by atoms with Crippen LogP contribution in [0.15, 0.2) is 21.9 Å². The van der Waals surface area contributed by atoms with Crippen molar-refractivity contribution in [2.24, 2.45) is 0 Å². The van der Waals surface area contributed by atoms with Crippen molar-refractivity contribution < 1.29 is 0 Å². The predicted molar refractivity (Wildman–Crippen MR) is 110 cm³/mol. The lowest BCUT2D eigenvalue weighted by Crippen LogP contribution is -2.13. The Morgan fingerprint density at radius 2 is 1.13 bits per heavy atom. The van der Waals surface area contributed by atoms with E-state index in [2.05, 4.69) is 46.0 Å². The van der Waals surface area contributed by atoms with E-state index in [1.54, 1.807) is 0 Å². The van der Waals surface area contributed by atoms with E-state index in [1.165, 1.54) is 0 Å². The third-order valence-corrected chi connectivity index (χ3v) is 6.71. The largest absolute Gasteiger partial charge is 0.142 e. The van der Waals surface area contributed by atoms with Gasteiger partial charge in [0.15, 0.2) is 0 Å². The minimum atomic E-state index is -0.181. The zero-order valence-corrected chi connectivity index (χ0v) is 18.0. The number of hydrogen-bond acceptors (Lipinski definition) is 2. The second-order valence-corrected chi connectivity index (χ2v) is 8.87. The van der Waals surface area contributed by atoms with Gasteiger partial charge < -0.3 is 0 Å². The highest BCUT2D eigenvalue weighted by molar-refractivity contribution is 7.83. The van der Waals surface area contributed by atoms with Gasteiger partial charge in [0.05, 0.1) is 25.1 Å². The van der Waals surface area contributed by atoms with Crippen molar-refractivity contribution in [2.45, 2.75) is 36.0 Å². The van der Waals surface area contributed by atoms with Crippen LogP contribution in [0.1, 0.15) is 26.3 Å². The Morgan fingerprint density at radius 3 is 1.57 bits per heavy atom. The van der Waals surface area contributed by atoms with Gasteiger partial charge in [-0.3, -0.25) is 0 Å². The van der Waals surface area contributed by atoms with Crippen LogP contribution in [0.3, 0.4) is 0 Å². The Labute approximate surface area is 172 Å². The van der Waals surface area contributed by atoms with Gasteiger partial charge in [0.1, 0.15) is 0 Å². The third-order valence-electron chi connectivity index (χ3n) is 3.42. The highest BCUT2D eigenvalue weighted by atomic mass is 35.5. The summed E-state index contributed by atoms with van der Waals surface area (Å²) in [5.74, 6) is 0. The topological polar surface area (TPSA) is 0 Å².